The molecule has 3 rings (SSSR count). The maximum atomic E-state index is 12.2. The van der Waals surface area contributed by atoms with E-state index in [1.165, 1.54) is 0 Å². The molecular weight excluding hydrogens is 302 g/mol. The molecule has 2 aromatic rings. The van der Waals surface area contributed by atoms with E-state index >= 15 is 0 Å². The standard InChI is InChI=1S/C18H25N5O/c1-14-11-20-17(16-6-8-19-9-7-16)23(14)13-15-5-4-10-22(12-15)18(24)21(2)3/h6-9,11,15H,4-5,10,12-13H2,1-3H3. The summed E-state index contributed by atoms with van der Waals surface area (Å²) in [5.41, 5.74) is 2.23. The van der Waals surface area contributed by atoms with Gasteiger partial charge in [0.25, 0.3) is 0 Å². The van der Waals surface area contributed by atoms with Crippen LogP contribution in [0.3, 0.4) is 0 Å². The van der Waals surface area contributed by atoms with E-state index < -0.39 is 0 Å². The Bertz CT molecular complexity index is 695. The largest absolute Gasteiger partial charge is 0.331 e. The molecule has 1 unspecified atom stereocenters. The molecule has 1 fully saturated rings. The highest BCUT2D eigenvalue weighted by molar-refractivity contribution is 5.73. The number of carbonyl (C=O) groups is 1. The Kier molecular flexibility index (Phi) is 4.83. The van der Waals surface area contributed by atoms with Crippen molar-refractivity contribution in [2.45, 2.75) is 26.3 Å². The summed E-state index contributed by atoms with van der Waals surface area (Å²) in [6, 6.07) is 4.08. The van der Waals surface area contributed by atoms with Crippen molar-refractivity contribution in [3.05, 3.63) is 36.4 Å². The summed E-state index contributed by atoms with van der Waals surface area (Å²) in [5.74, 6) is 1.43. The lowest BCUT2D eigenvalue weighted by Crippen LogP contribution is -2.45. The van der Waals surface area contributed by atoms with Crippen LogP contribution in [0.1, 0.15) is 18.5 Å². The van der Waals surface area contributed by atoms with Crippen LogP contribution in [-0.2, 0) is 6.54 Å². The zero-order valence-electron chi connectivity index (χ0n) is 14.6. The summed E-state index contributed by atoms with van der Waals surface area (Å²) in [4.78, 5) is 24.5. The second-order valence-electron chi connectivity index (χ2n) is 6.70. The minimum absolute atomic E-state index is 0.108. The van der Waals surface area contributed by atoms with Gasteiger partial charge in [-0.2, -0.15) is 0 Å². The second-order valence-corrected chi connectivity index (χ2v) is 6.70. The third-order valence-electron chi connectivity index (χ3n) is 4.61. The van der Waals surface area contributed by atoms with Gasteiger partial charge in [0.05, 0.1) is 0 Å². The number of piperidine rings is 1. The highest BCUT2D eigenvalue weighted by Gasteiger charge is 2.25. The van der Waals surface area contributed by atoms with E-state index in [2.05, 4.69) is 21.5 Å². The second kappa shape index (κ2) is 7.03. The molecule has 0 aromatic carbocycles. The van der Waals surface area contributed by atoms with Crippen LogP contribution in [0.25, 0.3) is 11.4 Å². The average molecular weight is 327 g/mol. The first-order chi connectivity index (χ1) is 11.6. The smallest absolute Gasteiger partial charge is 0.319 e. The van der Waals surface area contributed by atoms with Crippen LogP contribution in [-0.4, -0.2) is 57.6 Å². The molecule has 0 N–H and O–H groups in total. The lowest BCUT2D eigenvalue weighted by Gasteiger charge is -2.34. The van der Waals surface area contributed by atoms with Gasteiger partial charge in [-0.15, -0.1) is 0 Å². The van der Waals surface area contributed by atoms with Crippen molar-refractivity contribution in [2.24, 2.45) is 5.92 Å². The Morgan fingerprint density at radius 3 is 2.79 bits per heavy atom. The molecule has 2 aromatic heterocycles. The summed E-state index contributed by atoms with van der Waals surface area (Å²) >= 11 is 0. The van der Waals surface area contributed by atoms with Gasteiger partial charge in [0.1, 0.15) is 5.82 Å². The third-order valence-corrected chi connectivity index (χ3v) is 4.61. The first-order valence-corrected chi connectivity index (χ1v) is 8.45. The quantitative estimate of drug-likeness (QED) is 0.871. The fraction of sp³-hybridized carbons (Fsp3) is 0.500. The third kappa shape index (κ3) is 3.42. The molecule has 3 heterocycles. The predicted molar refractivity (Wildman–Crippen MR) is 93.6 cm³/mol. The zero-order chi connectivity index (χ0) is 17.1. The van der Waals surface area contributed by atoms with Crippen molar-refractivity contribution in [2.75, 3.05) is 27.2 Å². The number of hydrogen-bond acceptors (Lipinski definition) is 3. The van der Waals surface area contributed by atoms with Gasteiger partial charge in [-0.1, -0.05) is 0 Å². The van der Waals surface area contributed by atoms with E-state index in [0.717, 1.165) is 49.6 Å². The van der Waals surface area contributed by atoms with E-state index in [9.17, 15) is 4.79 Å². The molecule has 6 heteroatoms. The van der Waals surface area contributed by atoms with Crippen molar-refractivity contribution in [1.82, 2.24) is 24.3 Å². The lowest BCUT2D eigenvalue weighted by molar-refractivity contribution is 0.138. The summed E-state index contributed by atoms with van der Waals surface area (Å²) in [7, 11) is 3.63. The molecule has 1 aliphatic heterocycles. The predicted octanol–water partition coefficient (Wildman–Crippen LogP) is 2.65. The summed E-state index contributed by atoms with van der Waals surface area (Å²) in [6.45, 7) is 4.64. The highest BCUT2D eigenvalue weighted by Crippen LogP contribution is 2.24. The van der Waals surface area contributed by atoms with E-state index in [1.807, 2.05) is 37.3 Å². The van der Waals surface area contributed by atoms with Crippen molar-refractivity contribution in [3.63, 3.8) is 0 Å². The first kappa shape index (κ1) is 16.5. The van der Waals surface area contributed by atoms with E-state index in [-0.39, 0.29) is 6.03 Å². The van der Waals surface area contributed by atoms with Gasteiger partial charge in [-0.3, -0.25) is 4.98 Å². The topological polar surface area (TPSA) is 54.3 Å². The number of aromatic nitrogens is 3. The average Bonchev–Trinajstić information content (AvgIpc) is 2.96. The molecule has 128 valence electrons. The molecule has 0 radical (unpaired) electrons. The summed E-state index contributed by atoms with van der Waals surface area (Å²) in [5, 5.41) is 0. The molecule has 6 nitrogen and oxygen atoms in total. The van der Waals surface area contributed by atoms with Gasteiger partial charge >= 0.3 is 6.03 Å². The maximum absolute atomic E-state index is 12.2. The fourth-order valence-electron chi connectivity index (χ4n) is 3.35. The highest BCUT2D eigenvalue weighted by atomic mass is 16.2. The number of imidazole rings is 1. The number of hydrogen-bond donors (Lipinski definition) is 0. The van der Waals surface area contributed by atoms with Gasteiger partial charge in [0.2, 0.25) is 0 Å². The lowest BCUT2D eigenvalue weighted by atomic mass is 9.98. The monoisotopic (exact) mass is 327 g/mol. The van der Waals surface area contributed by atoms with Crippen molar-refractivity contribution >= 4 is 6.03 Å². The van der Waals surface area contributed by atoms with E-state index in [0.29, 0.717) is 5.92 Å². The van der Waals surface area contributed by atoms with Crippen LogP contribution in [0.2, 0.25) is 0 Å². The number of amides is 2. The van der Waals surface area contributed by atoms with Crippen molar-refractivity contribution < 1.29 is 4.79 Å². The van der Waals surface area contributed by atoms with Gasteiger partial charge in [0, 0.05) is 63.6 Å². The minimum atomic E-state index is 0.108. The van der Waals surface area contributed by atoms with Gasteiger partial charge < -0.3 is 14.4 Å². The van der Waals surface area contributed by atoms with Crippen LogP contribution in [0.15, 0.2) is 30.7 Å². The van der Waals surface area contributed by atoms with E-state index in [4.69, 9.17) is 0 Å². The number of pyridine rings is 1. The Hall–Kier alpha value is -2.37. The number of nitrogens with zero attached hydrogens (tertiary/aromatic N) is 5. The Morgan fingerprint density at radius 2 is 2.08 bits per heavy atom. The van der Waals surface area contributed by atoms with Crippen LogP contribution in [0.4, 0.5) is 4.79 Å². The van der Waals surface area contributed by atoms with Crippen molar-refractivity contribution in [3.8, 4) is 11.4 Å². The molecule has 0 spiro atoms. The molecule has 0 aliphatic carbocycles. The number of likely N-dealkylation sites (tertiary alicyclic amines) is 1. The molecule has 1 saturated heterocycles. The number of urea groups is 1. The summed E-state index contributed by atoms with van der Waals surface area (Å²) in [6.07, 6.45) is 7.71. The molecule has 0 bridgehead atoms. The van der Waals surface area contributed by atoms with Crippen LogP contribution >= 0.6 is 0 Å². The Morgan fingerprint density at radius 1 is 1.33 bits per heavy atom. The van der Waals surface area contributed by atoms with Gasteiger partial charge in [0.15, 0.2) is 0 Å². The molecule has 1 aliphatic rings. The molecule has 0 saturated carbocycles. The molecule has 1 atom stereocenters. The van der Waals surface area contributed by atoms with Gasteiger partial charge in [-0.05, 0) is 37.8 Å². The van der Waals surface area contributed by atoms with Gasteiger partial charge in [-0.25, -0.2) is 9.78 Å². The number of aryl methyl sites for hydroxylation is 1. The fourth-order valence-corrected chi connectivity index (χ4v) is 3.35. The van der Waals surface area contributed by atoms with E-state index in [1.54, 1.807) is 17.3 Å². The SMILES string of the molecule is Cc1cnc(-c2ccncc2)n1CC1CCCN(C(=O)N(C)C)C1. The summed E-state index contributed by atoms with van der Waals surface area (Å²) < 4.78 is 2.27. The van der Waals surface area contributed by atoms with Crippen LogP contribution in [0.5, 0.6) is 0 Å². The minimum Gasteiger partial charge on any atom is -0.331 e. The Labute approximate surface area is 143 Å². The Balaban J connectivity index is 1.77. The zero-order valence-corrected chi connectivity index (χ0v) is 14.6. The van der Waals surface area contributed by atoms with Crippen molar-refractivity contribution in [1.29, 1.82) is 0 Å². The maximum Gasteiger partial charge on any atom is 0.319 e. The molecular formula is C18H25N5O. The van der Waals surface area contributed by atoms with Crippen LogP contribution in [0, 0.1) is 12.8 Å². The molecule has 2 amide bonds. The number of rotatable bonds is 3. The first-order valence-electron chi connectivity index (χ1n) is 8.45. The normalized spacial score (nSPS) is 17.8. The van der Waals surface area contributed by atoms with Crippen LogP contribution < -0.4 is 0 Å². The molecule has 24 heavy (non-hydrogen) atoms. The number of carbonyl (C=O) groups excluding carboxylic acids is 1.